The summed E-state index contributed by atoms with van der Waals surface area (Å²) in [5, 5.41) is 0. The second-order valence-electron chi connectivity index (χ2n) is 2.57. The van der Waals surface area contributed by atoms with Crippen molar-refractivity contribution in [3.8, 4) is 24.2 Å². The van der Waals surface area contributed by atoms with E-state index >= 15 is 0 Å². The summed E-state index contributed by atoms with van der Waals surface area (Å²) in [5.41, 5.74) is 0. The minimum Gasteiger partial charge on any atom is -0.342 e. The molecule has 1 aliphatic rings. The average molecular weight is 148 g/mol. The minimum absolute atomic E-state index is 0.0240. The molecule has 0 aromatic carbocycles. The first-order valence-corrected chi connectivity index (χ1v) is 3.98. The maximum Gasteiger partial charge on any atom is 0.157 e. The van der Waals surface area contributed by atoms with Gasteiger partial charge in [-0.15, -0.1) is 12.3 Å². The monoisotopic (exact) mass is 148 g/mol. The summed E-state index contributed by atoms with van der Waals surface area (Å²) in [7, 11) is 0. The molecule has 0 saturated carbocycles. The summed E-state index contributed by atoms with van der Waals surface area (Å²) in [6.07, 6.45) is 8.45. The van der Waals surface area contributed by atoms with Gasteiger partial charge in [0.15, 0.2) is 12.2 Å². The molecule has 1 rings (SSSR count). The number of hydrogen-bond donors (Lipinski definition) is 0. The Hall–Kier alpha value is -0.920. The maximum absolute atomic E-state index is 5.11. The summed E-state index contributed by atoms with van der Waals surface area (Å²) in [4.78, 5) is 0. The summed E-state index contributed by atoms with van der Waals surface area (Å²) in [6, 6.07) is 0. The summed E-state index contributed by atoms with van der Waals surface area (Å²) < 4.78 is 5.04. The van der Waals surface area contributed by atoms with Crippen LogP contribution in [0, 0.1) is 24.2 Å². The first kappa shape index (κ1) is 8.18. The molecule has 0 N–H and O–H groups in total. The summed E-state index contributed by atoms with van der Waals surface area (Å²) >= 11 is 0. The lowest BCUT2D eigenvalue weighted by molar-refractivity contribution is 0.421. The molecule has 1 fully saturated rings. The molecule has 2 atom stereocenters. The van der Waals surface area contributed by atoms with Crippen LogP contribution in [0.4, 0.5) is 0 Å². The second kappa shape index (κ2) is 4.06. The SMILES string of the molecule is C#C[C@@H]1O[C@@H]1C#CCCCC. The predicted octanol–water partition coefficient (Wildman–Crippen LogP) is 1.58. The quantitative estimate of drug-likeness (QED) is 0.329. The van der Waals surface area contributed by atoms with Crippen LogP contribution < -0.4 is 0 Å². The van der Waals surface area contributed by atoms with Crippen LogP contribution in [0.25, 0.3) is 0 Å². The molecule has 1 heteroatoms. The van der Waals surface area contributed by atoms with Crippen molar-refractivity contribution in [2.45, 2.75) is 38.4 Å². The van der Waals surface area contributed by atoms with Gasteiger partial charge in [-0.1, -0.05) is 25.2 Å². The van der Waals surface area contributed by atoms with E-state index in [0.717, 1.165) is 6.42 Å². The number of terminal acetylenes is 1. The Bertz CT molecular complexity index is 213. The van der Waals surface area contributed by atoms with Gasteiger partial charge < -0.3 is 4.74 Å². The Morgan fingerprint density at radius 3 is 2.82 bits per heavy atom. The highest BCUT2D eigenvalue weighted by molar-refractivity contribution is 5.22. The van der Waals surface area contributed by atoms with Crippen molar-refractivity contribution in [1.82, 2.24) is 0 Å². The highest BCUT2D eigenvalue weighted by atomic mass is 16.6. The minimum atomic E-state index is -0.0240. The molecule has 0 aliphatic carbocycles. The number of ether oxygens (including phenoxy) is 1. The van der Waals surface area contributed by atoms with Gasteiger partial charge in [-0.05, 0) is 6.42 Å². The van der Waals surface area contributed by atoms with Gasteiger partial charge in [0.05, 0.1) is 0 Å². The van der Waals surface area contributed by atoms with E-state index in [1.807, 2.05) is 0 Å². The molecule has 0 bridgehead atoms. The van der Waals surface area contributed by atoms with Crippen LogP contribution in [-0.2, 0) is 4.74 Å². The largest absolute Gasteiger partial charge is 0.342 e. The summed E-state index contributed by atoms with van der Waals surface area (Å²) in [5.74, 6) is 8.52. The van der Waals surface area contributed by atoms with Crippen LogP contribution in [0.1, 0.15) is 26.2 Å². The van der Waals surface area contributed by atoms with Crippen molar-refractivity contribution in [1.29, 1.82) is 0 Å². The molecule has 11 heavy (non-hydrogen) atoms. The van der Waals surface area contributed by atoms with Crippen molar-refractivity contribution in [2.24, 2.45) is 0 Å². The lowest BCUT2D eigenvalue weighted by atomic mass is 10.2. The van der Waals surface area contributed by atoms with E-state index in [1.54, 1.807) is 0 Å². The Morgan fingerprint density at radius 2 is 2.27 bits per heavy atom. The van der Waals surface area contributed by atoms with Gasteiger partial charge in [0.2, 0.25) is 0 Å². The van der Waals surface area contributed by atoms with Gasteiger partial charge in [0.25, 0.3) is 0 Å². The molecule has 1 nitrogen and oxygen atoms in total. The topological polar surface area (TPSA) is 12.5 Å². The molecule has 0 amide bonds. The Labute approximate surface area is 68.1 Å². The molecule has 0 radical (unpaired) electrons. The Morgan fingerprint density at radius 1 is 1.45 bits per heavy atom. The standard InChI is InChI=1S/C10H12O/c1-3-5-6-7-8-10-9(4-2)11-10/h2,9-10H,3,5-6H2,1H3/t9-,10+/m0/s1. The Kier molecular flexibility index (Phi) is 3.02. The molecular formula is C10H12O. The van der Waals surface area contributed by atoms with E-state index in [4.69, 9.17) is 11.2 Å². The van der Waals surface area contributed by atoms with Gasteiger partial charge in [-0.2, -0.15) is 0 Å². The third-order valence-corrected chi connectivity index (χ3v) is 1.56. The van der Waals surface area contributed by atoms with Crippen LogP contribution in [0.3, 0.4) is 0 Å². The fourth-order valence-electron chi connectivity index (χ4n) is 0.787. The van der Waals surface area contributed by atoms with E-state index < -0.39 is 0 Å². The number of unbranched alkanes of at least 4 members (excludes halogenated alkanes) is 2. The predicted molar refractivity (Wildman–Crippen MR) is 44.8 cm³/mol. The van der Waals surface area contributed by atoms with Crippen LogP contribution >= 0.6 is 0 Å². The molecular weight excluding hydrogens is 136 g/mol. The normalized spacial score (nSPS) is 26.5. The van der Waals surface area contributed by atoms with E-state index in [0.29, 0.717) is 0 Å². The zero-order chi connectivity index (χ0) is 8.10. The summed E-state index contributed by atoms with van der Waals surface area (Å²) in [6.45, 7) is 2.15. The van der Waals surface area contributed by atoms with E-state index in [1.165, 1.54) is 12.8 Å². The van der Waals surface area contributed by atoms with Crippen molar-refractivity contribution in [2.75, 3.05) is 0 Å². The fraction of sp³-hybridized carbons (Fsp3) is 0.600. The van der Waals surface area contributed by atoms with Crippen LogP contribution in [0.5, 0.6) is 0 Å². The zero-order valence-electron chi connectivity index (χ0n) is 6.76. The highest BCUT2D eigenvalue weighted by Gasteiger charge is 2.35. The average Bonchev–Trinajstić information content (AvgIpc) is 2.77. The molecule has 0 unspecified atom stereocenters. The first-order chi connectivity index (χ1) is 5.38. The van der Waals surface area contributed by atoms with E-state index in [2.05, 4.69) is 24.7 Å². The third-order valence-electron chi connectivity index (χ3n) is 1.56. The van der Waals surface area contributed by atoms with Crippen LogP contribution in [0.15, 0.2) is 0 Å². The van der Waals surface area contributed by atoms with Gasteiger partial charge in [0.1, 0.15) is 0 Å². The van der Waals surface area contributed by atoms with Gasteiger partial charge >= 0.3 is 0 Å². The molecule has 1 heterocycles. The van der Waals surface area contributed by atoms with Crippen molar-refractivity contribution >= 4 is 0 Å². The van der Waals surface area contributed by atoms with Crippen molar-refractivity contribution in [3.05, 3.63) is 0 Å². The van der Waals surface area contributed by atoms with E-state index in [9.17, 15) is 0 Å². The van der Waals surface area contributed by atoms with Gasteiger partial charge in [0, 0.05) is 6.42 Å². The lowest BCUT2D eigenvalue weighted by Crippen LogP contribution is -1.84. The lowest BCUT2D eigenvalue weighted by Gasteiger charge is -1.81. The number of hydrogen-bond acceptors (Lipinski definition) is 1. The molecule has 1 saturated heterocycles. The van der Waals surface area contributed by atoms with E-state index in [-0.39, 0.29) is 12.2 Å². The number of rotatable bonds is 2. The first-order valence-electron chi connectivity index (χ1n) is 3.98. The molecule has 58 valence electrons. The van der Waals surface area contributed by atoms with Crippen LogP contribution in [0.2, 0.25) is 0 Å². The van der Waals surface area contributed by atoms with Crippen molar-refractivity contribution in [3.63, 3.8) is 0 Å². The molecule has 0 spiro atoms. The second-order valence-corrected chi connectivity index (χ2v) is 2.57. The fourth-order valence-corrected chi connectivity index (χ4v) is 0.787. The molecule has 0 aromatic rings. The maximum atomic E-state index is 5.11. The van der Waals surface area contributed by atoms with Gasteiger partial charge in [-0.3, -0.25) is 0 Å². The number of epoxide rings is 1. The molecule has 0 aromatic heterocycles. The molecule has 1 aliphatic heterocycles. The van der Waals surface area contributed by atoms with Gasteiger partial charge in [-0.25, -0.2) is 0 Å². The highest BCUT2D eigenvalue weighted by Crippen LogP contribution is 2.19. The van der Waals surface area contributed by atoms with Crippen molar-refractivity contribution < 1.29 is 4.74 Å². The van der Waals surface area contributed by atoms with Crippen LogP contribution in [-0.4, -0.2) is 12.2 Å². The third kappa shape index (κ3) is 2.66. The Balaban J connectivity index is 2.11. The smallest absolute Gasteiger partial charge is 0.157 e. The zero-order valence-corrected chi connectivity index (χ0v) is 6.76.